The van der Waals surface area contributed by atoms with Gasteiger partial charge >= 0.3 is 0 Å². The van der Waals surface area contributed by atoms with Crippen LogP contribution in [-0.2, 0) is 24.7 Å². The molecule has 0 spiro atoms. The highest BCUT2D eigenvalue weighted by atomic mass is 32.2. The van der Waals surface area contributed by atoms with E-state index in [4.69, 9.17) is 0 Å². The summed E-state index contributed by atoms with van der Waals surface area (Å²) in [4.78, 5) is 24.7. The third-order valence-electron chi connectivity index (χ3n) is 5.91. The minimum absolute atomic E-state index is 0.0413. The number of piperidine rings is 1. The molecule has 31 heavy (non-hydrogen) atoms. The highest BCUT2D eigenvalue weighted by molar-refractivity contribution is 7.91. The maximum atomic E-state index is 13.2. The minimum atomic E-state index is -3.71. The van der Waals surface area contributed by atoms with Gasteiger partial charge in [-0.15, -0.1) is 0 Å². The first-order chi connectivity index (χ1) is 14.4. The molecule has 0 unspecified atom stereocenters. The van der Waals surface area contributed by atoms with Crippen molar-refractivity contribution in [2.75, 3.05) is 38.7 Å². The van der Waals surface area contributed by atoms with E-state index < -0.39 is 19.9 Å². The number of sulfone groups is 1. The van der Waals surface area contributed by atoms with Crippen LogP contribution in [-0.4, -0.2) is 87.6 Å². The van der Waals surface area contributed by atoms with Gasteiger partial charge in [0.15, 0.2) is 15.6 Å². The average molecular weight is 472 g/mol. The van der Waals surface area contributed by atoms with Crippen molar-refractivity contribution in [3.63, 3.8) is 0 Å². The fourth-order valence-corrected chi connectivity index (χ4v) is 7.37. The Bertz CT molecular complexity index is 1040. The van der Waals surface area contributed by atoms with Crippen molar-refractivity contribution >= 4 is 31.6 Å². The van der Waals surface area contributed by atoms with E-state index in [1.54, 1.807) is 19.1 Å². The number of sulfonamides is 1. The molecule has 3 rings (SSSR count). The Hall–Kier alpha value is -1.82. The van der Waals surface area contributed by atoms with Gasteiger partial charge in [-0.2, -0.15) is 4.31 Å². The Morgan fingerprint density at radius 2 is 1.61 bits per heavy atom. The quantitative estimate of drug-likeness (QED) is 0.445. The summed E-state index contributed by atoms with van der Waals surface area (Å²) in [5.74, 6) is -0.620. The molecule has 1 amide bonds. The number of amides is 1. The largest absolute Gasteiger partial charge is 0.295 e. The van der Waals surface area contributed by atoms with Gasteiger partial charge < -0.3 is 0 Å². The number of hydrazine groups is 1. The Morgan fingerprint density at radius 1 is 1.03 bits per heavy atom. The molecule has 1 aromatic rings. The molecule has 2 saturated heterocycles. The summed E-state index contributed by atoms with van der Waals surface area (Å²) in [6.45, 7) is 1.83. The van der Waals surface area contributed by atoms with E-state index in [0.717, 1.165) is 0 Å². The van der Waals surface area contributed by atoms with Gasteiger partial charge in [-0.25, -0.2) is 21.8 Å². The van der Waals surface area contributed by atoms with Crippen molar-refractivity contribution in [3.05, 3.63) is 29.8 Å². The molecule has 9 nitrogen and oxygen atoms in total. The molecule has 11 heteroatoms. The first-order valence-electron chi connectivity index (χ1n) is 10.2. The molecule has 172 valence electrons. The third kappa shape index (κ3) is 5.16. The summed E-state index contributed by atoms with van der Waals surface area (Å²) in [5.41, 5.74) is 0.445. The molecule has 1 aromatic carbocycles. The first kappa shape index (κ1) is 23.8. The lowest BCUT2D eigenvalue weighted by atomic mass is 9.96. The lowest BCUT2D eigenvalue weighted by molar-refractivity contribution is -0.155. The number of rotatable bonds is 6. The van der Waals surface area contributed by atoms with Crippen LogP contribution in [0.1, 0.15) is 36.5 Å². The monoisotopic (exact) mass is 471 g/mol. The van der Waals surface area contributed by atoms with E-state index in [1.165, 1.54) is 40.5 Å². The van der Waals surface area contributed by atoms with Crippen molar-refractivity contribution in [2.24, 2.45) is 5.92 Å². The number of hydrogen-bond acceptors (Lipinski definition) is 7. The first-order valence-corrected chi connectivity index (χ1v) is 13.5. The highest BCUT2D eigenvalue weighted by Gasteiger charge is 2.40. The second-order valence-electron chi connectivity index (χ2n) is 8.35. The molecule has 0 radical (unpaired) electrons. The fourth-order valence-electron chi connectivity index (χ4n) is 4.21. The summed E-state index contributed by atoms with van der Waals surface area (Å²) >= 11 is 0. The minimum Gasteiger partial charge on any atom is -0.295 e. The average Bonchev–Trinajstić information content (AvgIpc) is 3.07. The van der Waals surface area contributed by atoms with Crippen LogP contribution in [0.5, 0.6) is 0 Å². The maximum absolute atomic E-state index is 13.2. The number of nitrogens with zero attached hydrogens (tertiary/aromatic N) is 3. The molecule has 2 heterocycles. The zero-order valence-electron chi connectivity index (χ0n) is 18.0. The number of ketones is 1. The molecule has 0 aliphatic carbocycles. The molecule has 0 N–H and O–H groups in total. The summed E-state index contributed by atoms with van der Waals surface area (Å²) in [6.07, 6.45) is 1.15. The number of benzene rings is 1. The van der Waals surface area contributed by atoms with Crippen molar-refractivity contribution in [3.8, 4) is 0 Å². The molecule has 0 aromatic heterocycles. The van der Waals surface area contributed by atoms with Crippen LogP contribution in [0.3, 0.4) is 0 Å². The van der Waals surface area contributed by atoms with Crippen molar-refractivity contribution < 1.29 is 26.4 Å². The van der Waals surface area contributed by atoms with Gasteiger partial charge in [-0.3, -0.25) is 14.6 Å². The van der Waals surface area contributed by atoms with Crippen molar-refractivity contribution in [1.82, 2.24) is 14.3 Å². The summed E-state index contributed by atoms with van der Waals surface area (Å²) in [7, 11) is -3.42. The second-order valence-corrected chi connectivity index (χ2v) is 12.5. The summed E-state index contributed by atoms with van der Waals surface area (Å²) in [6, 6.07) is 5.47. The lowest BCUT2D eigenvalue weighted by Gasteiger charge is -2.38. The van der Waals surface area contributed by atoms with E-state index >= 15 is 0 Å². The van der Waals surface area contributed by atoms with Crippen LogP contribution in [0, 0.1) is 5.92 Å². The van der Waals surface area contributed by atoms with Gasteiger partial charge in [0.05, 0.1) is 22.4 Å². The standard InChI is InChI=1S/C20H29N3O6S2/c1-15(24)16-4-6-19(7-5-16)31(28,29)22-11-8-17(9-12-22)20(25)23(21(2)3)18-10-13-30(26,27)14-18/h4-7,17-18H,8-14H2,1-3H3/t18-/m1/s1. The van der Waals surface area contributed by atoms with Gasteiger partial charge in [0, 0.05) is 38.7 Å². The van der Waals surface area contributed by atoms with E-state index in [2.05, 4.69) is 0 Å². The van der Waals surface area contributed by atoms with Gasteiger partial charge in [0.25, 0.3) is 0 Å². The topological polar surface area (TPSA) is 112 Å². The zero-order valence-corrected chi connectivity index (χ0v) is 19.7. The van der Waals surface area contributed by atoms with E-state index in [-0.39, 0.29) is 53.1 Å². The van der Waals surface area contributed by atoms with Crippen LogP contribution in [0.4, 0.5) is 0 Å². The normalized spacial score (nSPS) is 22.5. The predicted molar refractivity (Wildman–Crippen MR) is 116 cm³/mol. The molecule has 0 bridgehead atoms. The van der Waals surface area contributed by atoms with Crippen molar-refractivity contribution in [1.29, 1.82) is 0 Å². The Morgan fingerprint density at radius 3 is 2.06 bits per heavy atom. The van der Waals surface area contributed by atoms with E-state index in [0.29, 0.717) is 24.8 Å². The van der Waals surface area contributed by atoms with Crippen LogP contribution in [0.25, 0.3) is 0 Å². The van der Waals surface area contributed by atoms with Crippen LogP contribution >= 0.6 is 0 Å². The molecule has 0 saturated carbocycles. The van der Waals surface area contributed by atoms with Crippen LogP contribution in [0.15, 0.2) is 29.2 Å². The fraction of sp³-hybridized carbons (Fsp3) is 0.600. The maximum Gasteiger partial charge on any atom is 0.243 e. The molecular weight excluding hydrogens is 442 g/mol. The van der Waals surface area contributed by atoms with Gasteiger partial charge in [0.1, 0.15) is 0 Å². The van der Waals surface area contributed by atoms with E-state index in [9.17, 15) is 26.4 Å². The molecule has 2 aliphatic heterocycles. The Kier molecular flexibility index (Phi) is 6.90. The van der Waals surface area contributed by atoms with Crippen LogP contribution in [0.2, 0.25) is 0 Å². The van der Waals surface area contributed by atoms with Gasteiger partial charge in [-0.05, 0) is 38.3 Å². The smallest absolute Gasteiger partial charge is 0.243 e. The Labute approximate surface area is 183 Å². The second kappa shape index (κ2) is 8.97. The van der Waals surface area contributed by atoms with Crippen LogP contribution < -0.4 is 0 Å². The molecule has 2 aliphatic rings. The van der Waals surface area contributed by atoms with E-state index in [1.807, 2.05) is 0 Å². The third-order valence-corrected chi connectivity index (χ3v) is 9.58. The van der Waals surface area contributed by atoms with Crippen molar-refractivity contribution in [2.45, 2.75) is 37.1 Å². The number of carbonyl (C=O) groups excluding carboxylic acids is 2. The SMILES string of the molecule is CC(=O)c1ccc(S(=O)(=O)N2CCC(C(=O)N([C@@H]3CCS(=O)(=O)C3)N(C)C)CC2)cc1. The predicted octanol–water partition coefficient (Wildman–Crippen LogP) is 0.782. The number of Topliss-reactive ketones (excluding diaryl/α,β-unsaturated/α-hetero) is 1. The van der Waals surface area contributed by atoms with Gasteiger partial charge in [-0.1, -0.05) is 12.1 Å². The Balaban J connectivity index is 1.67. The number of carbonyl (C=O) groups is 2. The molecule has 1 atom stereocenters. The molecular formula is C20H29N3O6S2. The molecule has 2 fully saturated rings. The number of hydrogen-bond donors (Lipinski definition) is 0. The van der Waals surface area contributed by atoms with Gasteiger partial charge in [0.2, 0.25) is 15.9 Å². The lowest BCUT2D eigenvalue weighted by Crippen LogP contribution is -2.53. The summed E-state index contributed by atoms with van der Waals surface area (Å²) in [5, 5.41) is 3.16. The zero-order chi connectivity index (χ0) is 23.0. The summed E-state index contributed by atoms with van der Waals surface area (Å²) < 4.78 is 51.0. The highest BCUT2D eigenvalue weighted by Crippen LogP contribution is 2.28.